The van der Waals surface area contributed by atoms with E-state index in [4.69, 9.17) is 5.73 Å². The molecule has 0 bridgehead atoms. The second-order valence-corrected chi connectivity index (χ2v) is 9.61. The van der Waals surface area contributed by atoms with Gasteiger partial charge in [-0.2, -0.15) is 5.10 Å². The van der Waals surface area contributed by atoms with Gasteiger partial charge in [0.25, 0.3) is 0 Å². The van der Waals surface area contributed by atoms with Crippen LogP contribution in [-0.4, -0.2) is 55.8 Å². The zero-order chi connectivity index (χ0) is 23.9. The standard InChI is InChI=1S/C23H33FN6O3/c1-13-10-15(6-7-16(13)24)19-18(20(25)31)17-12-29(8-9-30(17)28-19)22(33)27-23(2,3)21(32)26-11-14-4-5-14/h6-7,10,14,20,22,27,31,33H,4-5,8-9,11-12,25H2,1-3H3,(H,26,32). The highest BCUT2D eigenvalue weighted by atomic mass is 19.1. The summed E-state index contributed by atoms with van der Waals surface area (Å²) in [4.78, 5) is 14.3. The predicted molar refractivity (Wildman–Crippen MR) is 121 cm³/mol. The van der Waals surface area contributed by atoms with E-state index in [1.54, 1.807) is 42.5 Å². The minimum Gasteiger partial charge on any atom is -0.374 e. The van der Waals surface area contributed by atoms with E-state index < -0.39 is 18.1 Å². The maximum Gasteiger partial charge on any atom is 0.239 e. The lowest BCUT2D eigenvalue weighted by Crippen LogP contribution is -2.61. The van der Waals surface area contributed by atoms with E-state index >= 15 is 0 Å². The molecule has 1 aromatic heterocycles. The number of halogens is 1. The van der Waals surface area contributed by atoms with Crippen LogP contribution in [-0.2, 0) is 17.9 Å². The van der Waals surface area contributed by atoms with Crippen LogP contribution in [0.4, 0.5) is 4.39 Å². The van der Waals surface area contributed by atoms with Gasteiger partial charge >= 0.3 is 0 Å². The number of nitrogens with one attached hydrogen (secondary N) is 2. The molecule has 10 heteroatoms. The Balaban J connectivity index is 1.51. The summed E-state index contributed by atoms with van der Waals surface area (Å²) in [5, 5.41) is 31.8. The minimum absolute atomic E-state index is 0.164. The highest BCUT2D eigenvalue weighted by molar-refractivity contribution is 5.85. The van der Waals surface area contributed by atoms with Gasteiger partial charge in [0, 0.05) is 30.8 Å². The molecule has 0 saturated heterocycles. The van der Waals surface area contributed by atoms with Crippen molar-refractivity contribution in [3.05, 3.63) is 40.8 Å². The second-order valence-electron chi connectivity index (χ2n) is 9.61. The number of hydrogen-bond donors (Lipinski definition) is 5. The summed E-state index contributed by atoms with van der Waals surface area (Å²) in [6.45, 7) is 7.00. The third kappa shape index (κ3) is 5.10. The van der Waals surface area contributed by atoms with Crippen LogP contribution < -0.4 is 16.4 Å². The van der Waals surface area contributed by atoms with Gasteiger partial charge in [0.05, 0.1) is 23.5 Å². The van der Waals surface area contributed by atoms with Gasteiger partial charge in [0.1, 0.15) is 12.0 Å². The van der Waals surface area contributed by atoms with Crippen LogP contribution in [0.25, 0.3) is 11.3 Å². The van der Waals surface area contributed by atoms with E-state index in [2.05, 4.69) is 15.7 Å². The molecular formula is C23H33FN6O3. The van der Waals surface area contributed by atoms with Crippen molar-refractivity contribution in [1.29, 1.82) is 0 Å². The topological polar surface area (TPSA) is 129 Å². The molecule has 1 aromatic carbocycles. The number of rotatable bonds is 8. The number of nitrogens with two attached hydrogens (primary N) is 1. The summed E-state index contributed by atoms with van der Waals surface area (Å²) in [5.74, 6) is 0.0847. The third-order valence-corrected chi connectivity index (χ3v) is 6.43. The maximum atomic E-state index is 13.8. The van der Waals surface area contributed by atoms with E-state index in [0.717, 1.165) is 12.8 Å². The van der Waals surface area contributed by atoms with Crippen molar-refractivity contribution < 1.29 is 19.4 Å². The summed E-state index contributed by atoms with van der Waals surface area (Å²) < 4.78 is 15.5. The molecule has 0 radical (unpaired) electrons. The summed E-state index contributed by atoms with van der Waals surface area (Å²) in [5.41, 5.74) is 7.66. The zero-order valence-electron chi connectivity index (χ0n) is 19.3. The van der Waals surface area contributed by atoms with Gasteiger partial charge in [-0.3, -0.25) is 19.7 Å². The Bertz CT molecular complexity index is 1030. The number of carbonyl (C=O) groups is 1. The number of nitrogens with zero attached hydrogens (tertiary/aromatic N) is 3. The number of benzene rings is 1. The molecule has 2 aliphatic rings. The first-order valence-corrected chi connectivity index (χ1v) is 11.3. The molecule has 1 aliphatic heterocycles. The average molecular weight is 461 g/mol. The number of aryl methyl sites for hydroxylation is 1. The van der Waals surface area contributed by atoms with Crippen molar-refractivity contribution >= 4 is 5.91 Å². The van der Waals surface area contributed by atoms with E-state index in [1.165, 1.54) is 6.07 Å². The lowest BCUT2D eigenvalue weighted by molar-refractivity contribution is -0.131. The number of hydrogen-bond acceptors (Lipinski definition) is 7. The van der Waals surface area contributed by atoms with Gasteiger partial charge in [0.15, 0.2) is 6.35 Å². The van der Waals surface area contributed by atoms with Crippen molar-refractivity contribution in [1.82, 2.24) is 25.3 Å². The normalized spacial score (nSPS) is 18.6. The van der Waals surface area contributed by atoms with E-state index in [-0.39, 0.29) is 18.3 Å². The van der Waals surface area contributed by atoms with Gasteiger partial charge in [-0.1, -0.05) is 0 Å². The second kappa shape index (κ2) is 9.11. The van der Waals surface area contributed by atoms with Crippen LogP contribution in [0.15, 0.2) is 18.2 Å². The molecule has 1 amide bonds. The molecule has 6 N–H and O–H groups in total. The van der Waals surface area contributed by atoms with Crippen LogP contribution in [0, 0.1) is 18.7 Å². The molecule has 33 heavy (non-hydrogen) atoms. The molecule has 2 heterocycles. The highest BCUT2D eigenvalue weighted by Crippen LogP contribution is 2.32. The average Bonchev–Trinajstić information content (AvgIpc) is 3.50. The van der Waals surface area contributed by atoms with Crippen LogP contribution in [0.3, 0.4) is 0 Å². The summed E-state index contributed by atoms with van der Waals surface area (Å²) in [6, 6.07) is 4.65. The first-order chi connectivity index (χ1) is 15.6. The van der Waals surface area contributed by atoms with E-state index in [0.29, 0.717) is 53.6 Å². The Morgan fingerprint density at radius 2 is 2.06 bits per heavy atom. The fourth-order valence-electron chi connectivity index (χ4n) is 4.14. The first kappa shape index (κ1) is 23.8. The van der Waals surface area contributed by atoms with Crippen molar-refractivity contribution in [3.63, 3.8) is 0 Å². The first-order valence-electron chi connectivity index (χ1n) is 11.3. The number of aliphatic hydroxyl groups excluding tert-OH is 2. The number of amides is 1. The fourth-order valence-corrected chi connectivity index (χ4v) is 4.14. The Hall–Kier alpha value is -2.37. The van der Waals surface area contributed by atoms with E-state index in [1.807, 2.05) is 0 Å². The lowest BCUT2D eigenvalue weighted by atomic mass is 10.0. The Morgan fingerprint density at radius 1 is 1.33 bits per heavy atom. The van der Waals surface area contributed by atoms with Gasteiger partial charge < -0.3 is 21.3 Å². The zero-order valence-corrected chi connectivity index (χ0v) is 19.3. The molecule has 180 valence electrons. The van der Waals surface area contributed by atoms with Gasteiger partial charge in [0.2, 0.25) is 5.91 Å². The van der Waals surface area contributed by atoms with Crippen LogP contribution >= 0.6 is 0 Å². The Labute approximate surface area is 192 Å². The SMILES string of the molecule is Cc1cc(-c2nn3c(c2C(N)O)CN(C(O)NC(C)(C)C(=O)NCC2CC2)CC3)ccc1F. The van der Waals surface area contributed by atoms with Gasteiger partial charge in [-0.25, -0.2) is 4.39 Å². The molecular weight excluding hydrogens is 427 g/mol. The lowest BCUT2D eigenvalue weighted by Gasteiger charge is -2.37. The molecule has 4 rings (SSSR count). The summed E-state index contributed by atoms with van der Waals surface area (Å²) in [6.07, 6.45) is -0.0847. The highest BCUT2D eigenvalue weighted by Gasteiger charge is 2.35. The molecule has 1 fully saturated rings. The van der Waals surface area contributed by atoms with E-state index in [9.17, 15) is 19.4 Å². The van der Waals surface area contributed by atoms with Gasteiger partial charge in [-0.15, -0.1) is 0 Å². The largest absolute Gasteiger partial charge is 0.374 e. The number of carbonyl (C=O) groups excluding carboxylic acids is 1. The van der Waals surface area contributed by atoms with Crippen molar-refractivity contribution in [2.75, 3.05) is 13.1 Å². The van der Waals surface area contributed by atoms with Crippen molar-refractivity contribution in [2.45, 2.75) is 64.8 Å². The smallest absolute Gasteiger partial charge is 0.239 e. The molecule has 2 unspecified atom stereocenters. The quantitative estimate of drug-likeness (QED) is 0.371. The number of fused-ring (bicyclic) bond motifs is 1. The summed E-state index contributed by atoms with van der Waals surface area (Å²) in [7, 11) is 0. The van der Waals surface area contributed by atoms with Crippen LogP contribution in [0.1, 0.15) is 49.7 Å². The molecule has 2 atom stereocenters. The summed E-state index contributed by atoms with van der Waals surface area (Å²) >= 11 is 0. The third-order valence-electron chi connectivity index (χ3n) is 6.43. The predicted octanol–water partition coefficient (Wildman–Crippen LogP) is 0.933. The minimum atomic E-state index is -1.29. The molecule has 9 nitrogen and oxygen atoms in total. The van der Waals surface area contributed by atoms with Gasteiger partial charge in [-0.05, 0) is 63.3 Å². The monoisotopic (exact) mass is 460 g/mol. The fraction of sp³-hybridized carbons (Fsp3) is 0.565. The number of aliphatic hydroxyl groups is 2. The maximum absolute atomic E-state index is 13.8. The molecule has 2 aromatic rings. The Kier molecular flexibility index (Phi) is 6.56. The molecule has 1 aliphatic carbocycles. The van der Waals surface area contributed by atoms with Crippen LogP contribution in [0.2, 0.25) is 0 Å². The molecule has 1 saturated carbocycles. The van der Waals surface area contributed by atoms with Crippen molar-refractivity contribution in [3.8, 4) is 11.3 Å². The van der Waals surface area contributed by atoms with Crippen LogP contribution in [0.5, 0.6) is 0 Å². The number of aromatic nitrogens is 2. The molecule has 0 spiro atoms. The van der Waals surface area contributed by atoms with Crippen molar-refractivity contribution in [2.24, 2.45) is 11.7 Å². The Morgan fingerprint density at radius 3 is 2.70 bits per heavy atom.